The van der Waals surface area contributed by atoms with Gasteiger partial charge in [-0.3, -0.25) is 4.79 Å². The van der Waals surface area contributed by atoms with E-state index in [0.717, 1.165) is 22.9 Å². The molecule has 0 amide bonds. The Morgan fingerprint density at radius 2 is 1.64 bits per heavy atom. The van der Waals surface area contributed by atoms with Crippen LogP contribution in [0.5, 0.6) is 0 Å². The monoisotopic (exact) mass is 677 g/mol. The summed E-state index contributed by atoms with van der Waals surface area (Å²) in [5.74, 6) is -0.951. The predicted octanol–water partition coefficient (Wildman–Crippen LogP) is 6.30. The van der Waals surface area contributed by atoms with E-state index in [1.807, 2.05) is 0 Å². The second kappa shape index (κ2) is 11.6. The molecule has 0 fully saturated rings. The van der Waals surface area contributed by atoms with Crippen molar-refractivity contribution >= 4 is 22.6 Å². The van der Waals surface area contributed by atoms with Gasteiger partial charge in [-0.1, -0.05) is 48.0 Å². The highest BCUT2D eigenvalue weighted by Crippen LogP contribution is 2.50. The molecule has 17 heteroatoms. The summed E-state index contributed by atoms with van der Waals surface area (Å²) >= 11 is 6.18. The number of nitrogens with one attached hydrogen (secondary N) is 1. The number of nitrogens with zero attached hydrogens (tertiary/aromatic N) is 6. The molecular weight excluding hydrogens is 659 g/mol. The molecule has 242 valence electrons. The van der Waals surface area contributed by atoms with Crippen LogP contribution in [0, 0.1) is 5.82 Å². The third-order valence-corrected chi connectivity index (χ3v) is 7.77. The number of pyridine rings is 1. The first-order valence-corrected chi connectivity index (χ1v) is 13.9. The first kappa shape index (κ1) is 31.9. The molecule has 2 N–H and O–H groups in total. The molecule has 0 spiro atoms. The van der Waals surface area contributed by atoms with Gasteiger partial charge in [0.05, 0.1) is 22.8 Å². The quantitative estimate of drug-likeness (QED) is 0.192. The minimum atomic E-state index is -6.10. The van der Waals surface area contributed by atoms with Crippen molar-refractivity contribution in [1.29, 1.82) is 0 Å². The van der Waals surface area contributed by atoms with Gasteiger partial charge in [-0.25, -0.2) is 9.37 Å². The Bertz CT molecular complexity index is 2120. The van der Waals surface area contributed by atoms with Gasteiger partial charge in [0.2, 0.25) is 0 Å². The van der Waals surface area contributed by atoms with Gasteiger partial charge in [-0.05, 0) is 46.3 Å². The van der Waals surface area contributed by atoms with Crippen molar-refractivity contribution in [2.45, 2.75) is 30.4 Å². The fourth-order valence-electron chi connectivity index (χ4n) is 5.23. The number of tetrazole rings is 1. The first-order valence-electron chi connectivity index (χ1n) is 13.5. The van der Waals surface area contributed by atoms with E-state index in [9.17, 15) is 36.2 Å². The van der Waals surface area contributed by atoms with Gasteiger partial charge in [-0.15, -0.1) is 5.10 Å². The minimum absolute atomic E-state index is 0.00823. The van der Waals surface area contributed by atoms with Crippen LogP contribution in [0.3, 0.4) is 0 Å². The van der Waals surface area contributed by atoms with Crippen molar-refractivity contribution in [2.75, 3.05) is 0 Å². The van der Waals surface area contributed by atoms with Crippen LogP contribution in [0.15, 0.2) is 90.1 Å². The van der Waals surface area contributed by atoms with Crippen LogP contribution in [0.2, 0.25) is 5.02 Å². The van der Waals surface area contributed by atoms with Crippen molar-refractivity contribution in [1.82, 2.24) is 34.7 Å². The fourth-order valence-corrected chi connectivity index (χ4v) is 5.40. The van der Waals surface area contributed by atoms with Gasteiger partial charge in [0, 0.05) is 40.4 Å². The number of aliphatic hydroxyl groups is 1. The zero-order valence-corrected chi connectivity index (χ0v) is 24.2. The van der Waals surface area contributed by atoms with Crippen LogP contribution in [0.25, 0.3) is 27.8 Å². The Kier molecular flexibility index (Phi) is 7.88. The third kappa shape index (κ3) is 5.74. The second-order valence-electron chi connectivity index (χ2n) is 10.5. The first-order chi connectivity index (χ1) is 22.2. The Hall–Kier alpha value is -5.09. The van der Waals surface area contributed by atoms with Crippen molar-refractivity contribution in [3.05, 3.63) is 123 Å². The molecule has 1 unspecified atom stereocenters. The Morgan fingerprint density at radius 1 is 0.915 bits per heavy atom. The Balaban J connectivity index is 1.49. The molecule has 0 aliphatic rings. The minimum Gasteiger partial charge on any atom is -0.369 e. The number of halogens is 8. The molecule has 3 aromatic carbocycles. The maximum Gasteiger partial charge on any atom is 0.430 e. The van der Waals surface area contributed by atoms with E-state index in [0.29, 0.717) is 23.4 Å². The summed E-state index contributed by atoms with van der Waals surface area (Å²) < 4.78 is 99.6. The molecule has 9 nitrogen and oxygen atoms in total. The lowest BCUT2D eigenvalue weighted by atomic mass is 9.92. The van der Waals surface area contributed by atoms with Crippen LogP contribution >= 0.6 is 11.6 Å². The van der Waals surface area contributed by atoms with Gasteiger partial charge in [0.25, 0.3) is 11.2 Å². The lowest BCUT2D eigenvalue weighted by Gasteiger charge is -2.32. The van der Waals surface area contributed by atoms with Gasteiger partial charge >= 0.3 is 12.4 Å². The van der Waals surface area contributed by atoms with Crippen molar-refractivity contribution in [3.63, 3.8) is 0 Å². The molecule has 47 heavy (non-hydrogen) atoms. The normalized spacial score (nSPS) is 13.3. The molecule has 1 atom stereocenters. The number of aromatic nitrogens is 7. The van der Waals surface area contributed by atoms with Gasteiger partial charge in [0.15, 0.2) is 0 Å². The summed E-state index contributed by atoms with van der Waals surface area (Å²) in [6, 6.07) is 14.8. The summed E-state index contributed by atoms with van der Waals surface area (Å²) in [6.45, 7) is 0. The van der Waals surface area contributed by atoms with Gasteiger partial charge in [0.1, 0.15) is 18.0 Å². The van der Waals surface area contributed by atoms with E-state index in [-0.39, 0.29) is 39.4 Å². The highest BCUT2D eigenvalue weighted by atomic mass is 35.5. The van der Waals surface area contributed by atoms with Crippen LogP contribution in [-0.2, 0) is 12.0 Å². The van der Waals surface area contributed by atoms with Crippen molar-refractivity contribution < 1.29 is 35.8 Å². The number of hydrogen-bond acceptors (Lipinski definition) is 6. The number of rotatable bonds is 7. The van der Waals surface area contributed by atoms with E-state index in [2.05, 4.69) is 25.5 Å². The van der Waals surface area contributed by atoms with Crippen LogP contribution in [0.1, 0.15) is 23.0 Å². The fraction of sp³-hybridized carbons (Fsp3) is 0.167. The molecule has 0 bridgehead atoms. The van der Waals surface area contributed by atoms with Crippen molar-refractivity contribution in [2.24, 2.45) is 0 Å². The second-order valence-corrected chi connectivity index (χ2v) is 10.9. The number of hydrogen-bond donors (Lipinski definition) is 2. The average Bonchev–Trinajstić information content (AvgIpc) is 3.70. The van der Waals surface area contributed by atoms with Crippen molar-refractivity contribution in [3.8, 4) is 16.8 Å². The Labute approximate surface area is 263 Å². The topological polar surface area (TPSA) is 115 Å². The molecule has 0 aliphatic carbocycles. The average molecular weight is 678 g/mol. The van der Waals surface area contributed by atoms with Crippen LogP contribution in [-0.4, -0.2) is 52.2 Å². The SMILES string of the molecule is O=c1cc(-c2cc(Cl)ccc2-n2cnnn2)c(F)cn1C(Cc1ccccc1)c1nc2ccc(C(O)(C(F)(F)F)C(F)(F)F)cc2[nH]1. The van der Waals surface area contributed by atoms with E-state index in [4.69, 9.17) is 11.6 Å². The highest BCUT2D eigenvalue weighted by Gasteiger charge is 2.71. The molecule has 0 aliphatic heterocycles. The molecule has 0 radical (unpaired) electrons. The highest BCUT2D eigenvalue weighted by molar-refractivity contribution is 6.31. The molecular formula is C30H19ClF7N7O2. The zero-order chi connectivity index (χ0) is 33.7. The molecule has 6 aromatic rings. The summed E-state index contributed by atoms with van der Waals surface area (Å²) in [4.78, 5) is 20.7. The number of fused-ring (bicyclic) bond motifs is 1. The smallest absolute Gasteiger partial charge is 0.369 e. The molecule has 6 rings (SSSR count). The standard InChI is InChI=1S/C30H19ClF7N7O2/c31-18-7-9-24(45-15-39-42-43-45)20(12-18)19-13-26(46)44(14-21(19)32)25(10-16-4-2-1-3-5-16)27-40-22-8-6-17(11-23(22)41-27)28(47,29(33,34)35)30(36,37)38/h1-9,11-15,25,47H,10H2,(H,40,41). The summed E-state index contributed by atoms with van der Waals surface area (Å²) in [5, 5.41) is 21.1. The molecule has 3 heterocycles. The van der Waals surface area contributed by atoms with Crippen LogP contribution < -0.4 is 5.56 Å². The number of alkyl halides is 6. The number of benzene rings is 3. The maximum atomic E-state index is 16.0. The van der Waals surface area contributed by atoms with E-state index in [1.54, 1.807) is 30.3 Å². The lowest BCUT2D eigenvalue weighted by molar-refractivity contribution is -0.376. The predicted molar refractivity (Wildman–Crippen MR) is 154 cm³/mol. The molecule has 0 saturated heterocycles. The maximum absolute atomic E-state index is 16.0. The van der Waals surface area contributed by atoms with E-state index in [1.165, 1.54) is 29.2 Å². The van der Waals surface area contributed by atoms with E-state index >= 15 is 4.39 Å². The lowest BCUT2D eigenvalue weighted by Crippen LogP contribution is -2.53. The van der Waals surface area contributed by atoms with E-state index < -0.39 is 40.9 Å². The summed E-state index contributed by atoms with van der Waals surface area (Å²) in [7, 11) is 0. The number of aromatic amines is 1. The molecule has 0 saturated carbocycles. The largest absolute Gasteiger partial charge is 0.430 e. The van der Waals surface area contributed by atoms with Gasteiger partial charge < -0.3 is 14.7 Å². The number of H-pyrrole nitrogens is 1. The zero-order valence-electron chi connectivity index (χ0n) is 23.4. The number of imidazole rings is 1. The van der Waals surface area contributed by atoms with Gasteiger partial charge in [-0.2, -0.15) is 31.0 Å². The van der Waals surface area contributed by atoms with Crippen LogP contribution in [0.4, 0.5) is 30.7 Å². The Morgan fingerprint density at radius 3 is 2.30 bits per heavy atom. The third-order valence-electron chi connectivity index (χ3n) is 7.54. The summed E-state index contributed by atoms with van der Waals surface area (Å²) in [5.41, 5.74) is -6.75. The molecule has 3 aromatic heterocycles. The summed E-state index contributed by atoms with van der Waals surface area (Å²) in [6.07, 6.45) is -10.0.